The Morgan fingerprint density at radius 1 is 1.00 bits per heavy atom. The number of ether oxygens (including phenoxy) is 2. The van der Waals surface area contributed by atoms with Gasteiger partial charge in [0.1, 0.15) is 11.3 Å². The Balaban J connectivity index is 1.85. The van der Waals surface area contributed by atoms with Crippen molar-refractivity contribution in [1.82, 2.24) is 5.32 Å². The third-order valence-corrected chi connectivity index (χ3v) is 4.16. The average Bonchev–Trinajstić information content (AvgIpc) is 2.67. The molecule has 2 rings (SSSR count). The van der Waals surface area contributed by atoms with E-state index in [0.29, 0.717) is 17.9 Å². The number of carbonyl (C=O) groups excluding carboxylic acids is 2. The van der Waals surface area contributed by atoms with E-state index >= 15 is 0 Å². The molecule has 0 fully saturated rings. The monoisotopic (exact) mass is 369 g/mol. The fourth-order valence-corrected chi connectivity index (χ4v) is 2.65. The lowest BCUT2D eigenvalue weighted by atomic mass is 10.1. The van der Waals surface area contributed by atoms with Gasteiger partial charge in [0.15, 0.2) is 6.10 Å². The summed E-state index contributed by atoms with van der Waals surface area (Å²) in [4.78, 5) is 24.7. The van der Waals surface area contributed by atoms with Gasteiger partial charge in [-0.25, -0.2) is 4.79 Å². The van der Waals surface area contributed by atoms with Crippen LogP contribution in [0.4, 0.5) is 0 Å². The van der Waals surface area contributed by atoms with E-state index in [9.17, 15) is 9.59 Å². The Morgan fingerprint density at radius 2 is 1.67 bits per heavy atom. The maximum absolute atomic E-state index is 12.4. The van der Waals surface area contributed by atoms with Crippen molar-refractivity contribution >= 4 is 11.9 Å². The molecule has 27 heavy (non-hydrogen) atoms. The quantitative estimate of drug-likeness (QED) is 0.684. The van der Waals surface area contributed by atoms with Gasteiger partial charge in [-0.05, 0) is 51.3 Å². The van der Waals surface area contributed by atoms with E-state index < -0.39 is 12.1 Å². The predicted molar refractivity (Wildman–Crippen MR) is 105 cm³/mol. The first-order valence-electron chi connectivity index (χ1n) is 9.28. The normalized spacial score (nSPS) is 12.7. The molecule has 2 aromatic carbocycles. The van der Waals surface area contributed by atoms with Crippen molar-refractivity contribution in [3.63, 3.8) is 0 Å². The Bertz CT molecular complexity index is 745. The smallest absolute Gasteiger partial charge is 0.342 e. The van der Waals surface area contributed by atoms with Gasteiger partial charge in [0.2, 0.25) is 0 Å². The van der Waals surface area contributed by atoms with Crippen LogP contribution in [0.1, 0.15) is 43.1 Å². The van der Waals surface area contributed by atoms with Crippen LogP contribution < -0.4 is 10.1 Å². The van der Waals surface area contributed by atoms with Gasteiger partial charge in [-0.3, -0.25) is 4.79 Å². The summed E-state index contributed by atoms with van der Waals surface area (Å²) in [6.45, 7) is 5.80. The summed E-state index contributed by atoms with van der Waals surface area (Å²) in [5.74, 6) is -0.426. The van der Waals surface area contributed by atoms with Crippen LogP contribution in [-0.4, -0.2) is 30.6 Å². The highest BCUT2D eigenvalue weighted by Gasteiger charge is 2.22. The Labute approximate surface area is 160 Å². The summed E-state index contributed by atoms with van der Waals surface area (Å²) < 4.78 is 10.8. The Hall–Kier alpha value is -2.82. The molecule has 0 heterocycles. The van der Waals surface area contributed by atoms with E-state index in [1.165, 1.54) is 5.56 Å². The summed E-state index contributed by atoms with van der Waals surface area (Å²) in [5, 5.41) is 2.90. The van der Waals surface area contributed by atoms with Crippen molar-refractivity contribution < 1.29 is 19.1 Å². The van der Waals surface area contributed by atoms with Gasteiger partial charge in [0.05, 0.1) is 6.61 Å². The van der Waals surface area contributed by atoms with Crippen molar-refractivity contribution in [3.8, 4) is 5.75 Å². The van der Waals surface area contributed by atoms with E-state index in [2.05, 4.69) is 17.4 Å². The predicted octanol–water partition coefficient (Wildman–Crippen LogP) is 3.77. The first-order chi connectivity index (χ1) is 13.0. The molecule has 0 aliphatic heterocycles. The van der Waals surface area contributed by atoms with Crippen LogP contribution in [-0.2, 0) is 16.0 Å². The van der Waals surface area contributed by atoms with Crippen LogP contribution in [0.5, 0.6) is 5.75 Å². The number of amides is 1. The first-order valence-corrected chi connectivity index (χ1v) is 9.28. The Kier molecular flexibility index (Phi) is 7.86. The van der Waals surface area contributed by atoms with E-state index in [4.69, 9.17) is 9.47 Å². The molecule has 0 radical (unpaired) electrons. The van der Waals surface area contributed by atoms with Gasteiger partial charge in [0.25, 0.3) is 5.91 Å². The molecule has 0 aromatic heterocycles. The highest BCUT2D eigenvalue weighted by Crippen LogP contribution is 2.19. The second-order valence-electron chi connectivity index (χ2n) is 6.41. The van der Waals surface area contributed by atoms with Gasteiger partial charge >= 0.3 is 5.97 Å². The molecule has 144 valence electrons. The van der Waals surface area contributed by atoms with Crippen LogP contribution in [0, 0.1) is 0 Å². The fourth-order valence-electron chi connectivity index (χ4n) is 2.65. The molecule has 0 bridgehead atoms. The van der Waals surface area contributed by atoms with E-state index in [-0.39, 0.29) is 11.9 Å². The zero-order valence-electron chi connectivity index (χ0n) is 16.1. The maximum Gasteiger partial charge on any atom is 0.342 e. The minimum absolute atomic E-state index is 0.0189. The highest BCUT2D eigenvalue weighted by molar-refractivity contribution is 5.94. The number of rotatable bonds is 9. The Morgan fingerprint density at radius 3 is 2.37 bits per heavy atom. The number of nitrogens with one attached hydrogen (secondary N) is 1. The van der Waals surface area contributed by atoms with Gasteiger partial charge in [-0.15, -0.1) is 0 Å². The van der Waals surface area contributed by atoms with Gasteiger partial charge in [-0.2, -0.15) is 0 Å². The van der Waals surface area contributed by atoms with Crippen molar-refractivity contribution in [2.75, 3.05) is 6.61 Å². The molecule has 0 aliphatic rings. The number of carbonyl (C=O) groups is 2. The SMILES string of the molecule is CCOc1ccccc1C(=O)O[C@H](C)C(=O)N[C@H](C)CCc1ccccc1. The molecule has 5 nitrogen and oxygen atoms in total. The molecule has 1 amide bonds. The first kappa shape index (κ1) is 20.5. The molecule has 2 atom stereocenters. The van der Waals surface area contributed by atoms with Crippen LogP contribution in [0.15, 0.2) is 54.6 Å². The van der Waals surface area contributed by atoms with Crippen LogP contribution in [0.2, 0.25) is 0 Å². The van der Waals surface area contributed by atoms with E-state index in [0.717, 1.165) is 12.8 Å². The summed E-state index contributed by atoms with van der Waals surface area (Å²) in [6, 6.07) is 16.9. The van der Waals surface area contributed by atoms with Gasteiger partial charge < -0.3 is 14.8 Å². The lowest BCUT2D eigenvalue weighted by Gasteiger charge is -2.18. The number of hydrogen-bond donors (Lipinski definition) is 1. The maximum atomic E-state index is 12.4. The summed E-state index contributed by atoms with van der Waals surface area (Å²) in [7, 11) is 0. The number of hydrogen-bond acceptors (Lipinski definition) is 4. The largest absolute Gasteiger partial charge is 0.493 e. The van der Waals surface area contributed by atoms with Crippen LogP contribution in [0.3, 0.4) is 0 Å². The topological polar surface area (TPSA) is 64.6 Å². The van der Waals surface area contributed by atoms with Crippen molar-refractivity contribution in [2.24, 2.45) is 0 Å². The summed E-state index contributed by atoms with van der Waals surface area (Å²) in [5.41, 5.74) is 1.54. The molecule has 2 aromatic rings. The highest BCUT2D eigenvalue weighted by atomic mass is 16.5. The number of esters is 1. The third kappa shape index (κ3) is 6.44. The molecular weight excluding hydrogens is 342 g/mol. The molecule has 0 aliphatic carbocycles. The van der Waals surface area contributed by atoms with Crippen molar-refractivity contribution in [2.45, 2.75) is 45.8 Å². The lowest BCUT2D eigenvalue weighted by molar-refractivity contribution is -0.129. The third-order valence-electron chi connectivity index (χ3n) is 4.16. The van der Waals surface area contributed by atoms with Crippen molar-refractivity contribution in [3.05, 3.63) is 65.7 Å². The molecule has 0 saturated carbocycles. The molecule has 0 unspecified atom stereocenters. The fraction of sp³-hybridized carbons (Fsp3) is 0.364. The van der Waals surface area contributed by atoms with Gasteiger partial charge in [-0.1, -0.05) is 42.5 Å². The van der Waals surface area contributed by atoms with E-state index in [1.54, 1.807) is 31.2 Å². The van der Waals surface area contributed by atoms with Crippen LogP contribution in [0.25, 0.3) is 0 Å². The lowest BCUT2D eigenvalue weighted by Crippen LogP contribution is -2.41. The average molecular weight is 369 g/mol. The van der Waals surface area contributed by atoms with Crippen LogP contribution >= 0.6 is 0 Å². The summed E-state index contributed by atoms with van der Waals surface area (Å²) >= 11 is 0. The minimum Gasteiger partial charge on any atom is -0.493 e. The molecule has 0 saturated heterocycles. The summed E-state index contributed by atoms with van der Waals surface area (Å²) in [6.07, 6.45) is 0.799. The molecule has 0 spiro atoms. The van der Waals surface area contributed by atoms with E-state index in [1.807, 2.05) is 32.0 Å². The molecular formula is C22H27NO4. The number of para-hydroxylation sites is 1. The molecule has 5 heteroatoms. The number of benzene rings is 2. The minimum atomic E-state index is -0.883. The second-order valence-corrected chi connectivity index (χ2v) is 6.41. The second kappa shape index (κ2) is 10.4. The zero-order valence-corrected chi connectivity index (χ0v) is 16.1. The van der Waals surface area contributed by atoms with Crippen molar-refractivity contribution in [1.29, 1.82) is 0 Å². The zero-order chi connectivity index (χ0) is 19.6. The standard InChI is InChI=1S/C22H27NO4/c1-4-26-20-13-9-8-12-19(20)22(25)27-17(3)21(24)23-16(2)14-15-18-10-6-5-7-11-18/h5-13,16-17H,4,14-15H2,1-3H3,(H,23,24)/t16-,17-/m1/s1. The van der Waals surface area contributed by atoms with Gasteiger partial charge in [0, 0.05) is 6.04 Å². The number of aryl methyl sites for hydroxylation is 1. The molecule has 1 N–H and O–H groups in total.